The van der Waals surface area contributed by atoms with E-state index < -0.39 is 0 Å². The van der Waals surface area contributed by atoms with Gasteiger partial charge in [0, 0.05) is 12.3 Å². The van der Waals surface area contributed by atoms with Crippen LogP contribution >= 0.6 is 0 Å². The fourth-order valence-electron chi connectivity index (χ4n) is 1.62. The fraction of sp³-hybridized carbons (Fsp3) is 0.588. The highest BCUT2D eigenvalue weighted by atomic mass is 16.5. The standard InChI is InChI=1S/C13H19NO2.C4H11N/c1-3-9-16-11(2)10-13(15)14-12-7-5-4-6-8-12;1-3-5-4-2/h4-8,11H,3,9-10H2,1-2H3,(H,14,15);5H,3-4H2,1-2H3. The van der Waals surface area contributed by atoms with Gasteiger partial charge in [-0.1, -0.05) is 39.0 Å². The Balaban J connectivity index is 0.000000690. The summed E-state index contributed by atoms with van der Waals surface area (Å²) in [4.78, 5) is 11.6. The van der Waals surface area contributed by atoms with Crippen LogP contribution in [-0.2, 0) is 9.53 Å². The Labute approximate surface area is 129 Å². The maximum absolute atomic E-state index is 11.6. The molecule has 1 aromatic carbocycles. The highest BCUT2D eigenvalue weighted by molar-refractivity contribution is 5.90. The molecular formula is C17H30N2O2. The van der Waals surface area contributed by atoms with Crippen molar-refractivity contribution in [1.82, 2.24) is 5.32 Å². The van der Waals surface area contributed by atoms with Gasteiger partial charge in [0.2, 0.25) is 5.91 Å². The summed E-state index contributed by atoms with van der Waals surface area (Å²) in [5.74, 6) is -0.00481. The molecule has 0 aromatic heterocycles. The van der Waals surface area contributed by atoms with Crippen molar-refractivity contribution in [3.63, 3.8) is 0 Å². The van der Waals surface area contributed by atoms with Crippen molar-refractivity contribution >= 4 is 11.6 Å². The summed E-state index contributed by atoms with van der Waals surface area (Å²) in [5, 5.41) is 5.94. The molecule has 0 spiro atoms. The molecule has 1 atom stereocenters. The number of anilines is 1. The molecule has 0 saturated carbocycles. The van der Waals surface area contributed by atoms with Crippen molar-refractivity contribution in [3.8, 4) is 0 Å². The summed E-state index contributed by atoms with van der Waals surface area (Å²) in [6.45, 7) is 11.1. The summed E-state index contributed by atoms with van der Waals surface area (Å²) < 4.78 is 5.44. The molecule has 0 heterocycles. The Morgan fingerprint density at radius 1 is 1.14 bits per heavy atom. The van der Waals surface area contributed by atoms with Crippen molar-refractivity contribution in [2.75, 3.05) is 25.0 Å². The average molecular weight is 294 g/mol. The number of benzene rings is 1. The van der Waals surface area contributed by atoms with E-state index >= 15 is 0 Å². The van der Waals surface area contributed by atoms with E-state index in [1.165, 1.54) is 0 Å². The van der Waals surface area contributed by atoms with Crippen LogP contribution in [-0.4, -0.2) is 31.7 Å². The summed E-state index contributed by atoms with van der Waals surface area (Å²) in [5.41, 5.74) is 0.829. The number of hydrogen-bond donors (Lipinski definition) is 2. The van der Waals surface area contributed by atoms with E-state index in [4.69, 9.17) is 4.74 Å². The highest BCUT2D eigenvalue weighted by Gasteiger charge is 2.08. The van der Waals surface area contributed by atoms with Gasteiger partial charge in [-0.05, 0) is 38.6 Å². The summed E-state index contributed by atoms with van der Waals surface area (Å²) in [6.07, 6.45) is 1.35. The number of hydrogen-bond acceptors (Lipinski definition) is 3. The van der Waals surface area contributed by atoms with Gasteiger partial charge in [0.15, 0.2) is 0 Å². The molecule has 4 nitrogen and oxygen atoms in total. The van der Waals surface area contributed by atoms with Gasteiger partial charge in [0.05, 0.1) is 12.5 Å². The molecule has 0 fully saturated rings. The topological polar surface area (TPSA) is 50.4 Å². The molecule has 1 amide bonds. The van der Waals surface area contributed by atoms with Crippen LogP contribution in [0, 0.1) is 0 Å². The minimum Gasteiger partial charge on any atom is -0.378 e. The van der Waals surface area contributed by atoms with Crippen LogP contribution < -0.4 is 10.6 Å². The molecule has 1 aromatic rings. The second-order valence-corrected chi connectivity index (χ2v) is 4.76. The van der Waals surface area contributed by atoms with Gasteiger partial charge in [0.25, 0.3) is 0 Å². The summed E-state index contributed by atoms with van der Waals surface area (Å²) >= 11 is 0. The zero-order chi connectivity index (χ0) is 15.9. The monoisotopic (exact) mass is 294 g/mol. The molecule has 120 valence electrons. The molecule has 0 aliphatic carbocycles. The predicted molar refractivity (Wildman–Crippen MR) is 89.6 cm³/mol. The third-order valence-corrected chi connectivity index (χ3v) is 2.64. The predicted octanol–water partition coefficient (Wildman–Crippen LogP) is 3.45. The average Bonchev–Trinajstić information content (AvgIpc) is 2.47. The second-order valence-electron chi connectivity index (χ2n) is 4.76. The Morgan fingerprint density at radius 2 is 1.76 bits per heavy atom. The Kier molecular flexibility index (Phi) is 12.7. The van der Waals surface area contributed by atoms with E-state index in [1.54, 1.807) is 0 Å². The Bertz CT molecular complexity index is 353. The molecule has 0 aliphatic rings. The van der Waals surface area contributed by atoms with Gasteiger partial charge < -0.3 is 15.4 Å². The van der Waals surface area contributed by atoms with Crippen LogP contribution in [0.5, 0.6) is 0 Å². The third-order valence-electron chi connectivity index (χ3n) is 2.64. The van der Waals surface area contributed by atoms with E-state index in [0.717, 1.165) is 25.2 Å². The number of ether oxygens (including phenoxy) is 1. The second kappa shape index (κ2) is 13.6. The van der Waals surface area contributed by atoms with Crippen LogP contribution in [0.4, 0.5) is 5.69 Å². The first-order valence-electron chi connectivity index (χ1n) is 7.81. The van der Waals surface area contributed by atoms with Gasteiger partial charge in [-0.15, -0.1) is 0 Å². The SMILES string of the molecule is CCCOC(C)CC(=O)Nc1ccccc1.CCNCC. The van der Waals surface area contributed by atoms with Crippen molar-refractivity contribution in [3.05, 3.63) is 30.3 Å². The molecule has 0 saturated heterocycles. The van der Waals surface area contributed by atoms with E-state index in [1.807, 2.05) is 37.3 Å². The normalized spacial score (nSPS) is 11.2. The van der Waals surface area contributed by atoms with Crippen molar-refractivity contribution in [2.24, 2.45) is 0 Å². The molecule has 0 bridgehead atoms. The lowest BCUT2D eigenvalue weighted by Gasteiger charge is -2.12. The van der Waals surface area contributed by atoms with E-state index in [9.17, 15) is 4.79 Å². The molecular weight excluding hydrogens is 264 g/mol. The number of rotatable bonds is 8. The Hall–Kier alpha value is -1.39. The molecule has 21 heavy (non-hydrogen) atoms. The van der Waals surface area contributed by atoms with Crippen LogP contribution in [0.15, 0.2) is 30.3 Å². The van der Waals surface area contributed by atoms with Gasteiger partial charge in [-0.3, -0.25) is 4.79 Å². The van der Waals surface area contributed by atoms with E-state index in [-0.39, 0.29) is 12.0 Å². The van der Waals surface area contributed by atoms with Crippen LogP contribution in [0.3, 0.4) is 0 Å². The van der Waals surface area contributed by atoms with Crippen molar-refractivity contribution in [2.45, 2.75) is 46.6 Å². The zero-order valence-electron chi connectivity index (χ0n) is 13.8. The van der Waals surface area contributed by atoms with Gasteiger partial charge in [-0.25, -0.2) is 0 Å². The zero-order valence-corrected chi connectivity index (χ0v) is 13.8. The van der Waals surface area contributed by atoms with Crippen LogP contribution in [0.25, 0.3) is 0 Å². The van der Waals surface area contributed by atoms with Crippen molar-refractivity contribution < 1.29 is 9.53 Å². The largest absolute Gasteiger partial charge is 0.378 e. The van der Waals surface area contributed by atoms with Gasteiger partial charge in [-0.2, -0.15) is 0 Å². The number of amides is 1. The summed E-state index contributed by atoms with van der Waals surface area (Å²) in [6, 6.07) is 9.45. The third kappa shape index (κ3) is 12.1. The van der Waals surface area contributed by atoms with Crippen LogP contribution in [0.2, 0.25) is 0 Å². The maximum atomic E-state index is 11.6. The number of carbonyl (C=O) groups is 1. The highest BCUT2D eigenvalue weighted by Crippen LogP contribution is 2.07. The fourth-order valence-corrected chi connectivity index (χ4v) is 1.62. The molecule has 4 heteroatoms. The van der Waals surface area contributed by atoms with E-state index in [0.29, 0.717) is 13.0 Å². The smallest absolute Gasteiger partial charge is 0.226 e. The van der Waals surface area contributed by atoms with Gasteiger partial charge >= 0.3 is 0 Å². The molecule has 0 radical (unpaired) electrons. The number of para-hydroxylation sites is 1. The number of carbonyl (C=O) groups excluding carboxylic acids is 1. The first-order valence-corrected chi connectivity index (χ1v) is 7.81. The van der Waals surface area contributed by atoms with Gasteiger partial charge in [0.1, 0.15) is 0 Å². The van der Waals surface area contributed by atoms with Crippen molar-refractivity contribution in [1.29, 1.82) is 0 Å². The van der Waals surface area contributed by atoms with Crippen LogP contribution in [0.1, 0.15) is 40.5 Å². The molecule has 1 rings (SSSR count). The molecule has 0 aliphatic heterocycles. The van der Waals surface area contributed by atoms with E-state index in [2.05, 4.69) is 31.4 Å². The lowest BCUT2D eigenvalue weighted by atomic mass is 10.2. The minimum absolute atomic E-state index is 0.00481. The lowest BCUT2D eigenvalue weighted by molar-refractivity contribution is -0.118. The summed E-state index contributed by atoms with van der Waals surface area (Å²) in [7, 11) is 0. The Morgan fingerprint density at radius 3 is 2.24 bits per heavy atom. The number of nitrogens with one attached hydrogen (secondary N) is 2. The maximum Gasteiger partial charge on any atom is 0.226 e. The quantitative estimate of drug-likeness (QED) is 0.772. The first kappa shape index (κ1) is 19.6. The lowest BCUT2D eigenvalue weighted by Crippen LogP contribution is -2.20. The minimum atomic E-state index is -0.0244. The molecule has 1 unspecified atom stereocenters. The molecule has 2 N–H and O–H groups in total. The first-order chi connectivity index (χ1) is 10.1.